The van der Waals surface area contributed by atoms with E-state index in [2.05, 4.69) is 5.32 Å². The number of hydrogen-bond acceptors (Lipinski definition) is 4. The van der Waals surface area contributed by atoms with E-state index in [1.807, 2.05) is 20.8 Å². The SMILES string of the molecule is COC(CN)C(=O)NCC(O)CC(C)(C)C. The number of nitrogens with two attached hydrogens (primary N) is 1. The third-order valence-corrected chi connectivity index (χ3v) is 2.15. The first-order valence-electron chi connectivity index (χ1n) is 5.49. The van der Waals surface area contributed by atoms with Crippen molar-refractivity contribution in [3.8, 4) is 0 Å². The second-order valence-corrected chi connectivity index (χ2v) is 5.12. The Morgan fingerprint density at radius 2 is 2.06 bits per heavy atom. The summed E-state index contributed by atoms with van der Waals surface area (Å²) in [5.41, 5.74) is 5.38. The molecular formula is C11H24N2O3. The van der Waals surface area contributed by atoms with E-state index in [9.17, 15) is 9.90 Å². The highest BCUT2D eigenvalue weighted by Gasteiger charge is 2.19. The third-order valence-electron chi connectivity index (χ3n) is 2.15. The van der Waals surface area contributed by atoms with E-state index in [1.54, 1.807) is 0 Å². The standard InChI is InChI=1S/C11H24N2O3/c1-11(2,3)5-8(14)7-13-10(15)9(6-12)16-4/h8-9,14H,5-7,12H2,1-4H3,(H,13,15). The Labute approximate surface area is 97.3 Å². The topological polar surface area (TPSA) is 84.6 Å². The van der Waals surface area contributed by atoms with Gasteiger partial charge in [-0.2, -0.15) is 0 Å². The van der Waals surface area contributed by atoms with Crippen molar-refractivity contribution in [2.75, 3.05) is 20.2 Å². The summed E-state index contributed by atoms with van der Waals surface area (Å²) in [5.74, 6) is -0.280. The zero-order valence-corrected chi connectivity index (χ0v) is 10.6. The molecule has 0 saturated carbocycles. The van der Waals surface area contributed by atoms with Gasteiger partial charge in [-0.15, -0.1) is 0 Å². The van der Waals surface area contributed by atoms with Gasteiger partial charge in [-0.25, -0.2) is 0 Å². The van der Waals surface area contributed by atoms with E-state index >= 15 is 0 Å². The maximum atomic E-state index is 11.4. The Morgan fingerprint density at radius 1 is 1.50 bits per heavy atom. The fourth-order valence-corrected chi connectivity index (χ4v) is 1.42. The van der Waals surface area contributed by atoms with Crippen LogP contribution in [0.4, 0.5) is 0 Å². The lowest BCUT2D eigenvalue weighted by Crippen LogP contribution is -2.43. The lowest BCUT2D eigenvalue weighted by Gasteiger charge is -2.23. The van der Waals surface area contributed by atoms with E-state index in [0.717, 1.165) is 0 Å². The molecule has 96 valence electrons. The number of hydrogen-bond donors (Lipinski definition) is 3. The summed E-state index contributed by atoms with van der Waals surface area (Å²) in [6, 6.07) is 0. The Kier molecular flexibility index (Phi) is 6.55. The summed E-state index contributed by atoms with van der Waals surface area (Å²) in [5, 5.41) is 12.3. The Balaban J connectivity index is 3.92. The first-order chi connectivity index (χ1) is 7.30. The molecule has 4 N–H and O–H groups in total. The van der Waals surface area contributed by atoms with Gasteiger partial charge >= 0.3 is 0 Å². The number of carbonyl (C=O) groups is 1. The van der Waals surface area contributed by atoms with Crippen LogP contribution >= 0.6 is 0 Å². The largest absolute Gasteiger partial charge is 0.391 e. The van der Waals surface area contributed by atoms with Crippen molar-refractivity contribution < 1.29 is 14.6 Å². The van der Waals surface area contributed by atoms with Gasteiger partial charge in [0.1, 0.15) is 6.10 Å². The second-order valence-electron chi connectivity index (χ2n) is 5.12. The van der Waals surface area contributed by atoms with Crippen molar-refractivity contribution in [2.45, 2.75) is 39.4 Å². The van der Waals surface area contributed by atoms with Crippen molar-refractivity contribution in [1.29, 1.82) is 0 Å². The molecule has 0 aliphatic carbocycles. The minimum Gasteiger partial charge on any atom is -0.391 e. The van der Waals surface area contributed by atoms with Crippen molar-refractivity contribution in [3.05, 3.63) is 0 Å². The molecular weight excluding hydrogens is 208 g/mol. The predicted molar refractivity (Wildman–Crippen MR) is 62.9 cm³/mol. The number of carbonyl (C=O) groups excluding carboxylic acids is 1. The van der Waals surface area contributed by atoms with Crippen LogP contribution in [0.3, 0.4) is 0 Å². The monoisotopic (exact) mass is 232 g/mol. The van der Waals surface area contributed by atoms with Gasteiger partial charge in [-0.1, -0.05) is 20.8 Å². The van der Waals surface area contributed by atoms with E-state index < -0.39 is 12.2 Å². The lowest BCUT2D eigenvalue weighted by molar-refractivity contribution is -0.131. The summed E-state index contributed by atoms with van der Waals surface area (Å²) in [7, 11) is 1.43. The van der Waals surface area contributed by atoms with Gasteiger partial charge in [-0.05, 0) is 11.8 Å². The molecule has 0 heterocycles. The molecule has 0 bridgehead atoms. The van der Waals surface area contributed by atoms with Gasteiger partial charge in [-0.3, -0.25) is 4.79 Å². The number of nitrogens with one attached hydrogen (secondary N) is 1. The Morgan fingerprint density at radius 3 is 2.44 bits per heavy atom. The van der Waals surface area contributed by atoms with E-state index in [-0.39, 0.29) is 24.4 Å². The summed E-state index contributed by atoms with van der Waals surface area (Å²) in [6.07, 6.45) is -0.547. The average Bonchev–Trinajstić information content (AvgIpc) is 2.14. The zero-order chi connectivity index (χ0) is 12.8. The number of rotatable bonds is 6. The first-order valence-corrected chi connectivity index (χ1v) is 5.49. The van der Waals surface area contributed by atoms with Gasteiger partial charge < -0.3 is 20.9 Å². The number of aliphatic hydroxyl groups is 1. The summed E-state index contributed by atoms with van der Waals surface area (Å²) >= 11 is 0. The zero-order valence-electron chi connectivity index (χ0n) is 10.6. The maximum Gasteiger partial charge on any atom is 0.250 e. The fourth-order valence-electron chi connectivity index (χ4n) is 1.42. The number of methoxy groups -OCH3 is 1. The molecule has 0 radical (unpaired) electrons. The third kappa shape index (κ3) is 6.76. The minimum atomic E-state index is -0.637. The van der Waals surface area contributed by atoms with E-state index in [4.69, 9.17) is 10.5 Å². The normalized spacial score (nSPS) is 15.6. The van der Waals surface area contributed by atoms with E-state index in [0.29, 0.717) is 6.42 Å². The van der Waals surface area contributed by atoms with Crippen LogP contribution in [0.2, 0.25) is 0 Å². The number of ether oxygens (including phenoxy) is 1. The predicted octanol–water partition coefficient (Wildman–Crippen LogP) is -0.127. The van der Waals surface area contributed by atoms with Crippen LogP contribution in [-0.4, -0.2) is 43.4 Å². The van der Waals surface area contributed by atoms with Crippen LogP contribution in [0.1, 0.15) is 27.2 Å². The Bertz CT molecular complexity index is 210. The molecule has 0 aliphatic heterocycles. The van der Waals surface area contributed by atoms with Crippen LogP contribution < -0.4 is 11.1 Å². The van der Waals surface area contributed by atoms with Gasteiger partial charge in [0.2, 0.25) is 0 Å². The lowest BCUT2D eigenvalue weighted by atomic mass is 9.89. The molecule has 0 aliphatic rings. The van der Waals surface area contributed by atoms with Crippen molar-refractivity contribution in [1.82, 2.24) is 5.32 Å². The highest BCUT2D eigenvalue weighted by molar-refractivity contribution is 5.80. The van der Waals surface area contributed by atoms with Crippen molar-refractivity contribution in [3.63, 3.8) is 0 Å². The van der Waals surface area contributed by atoms with Gasteiger partial charge in [0.25, 0.3) is 5.91 Å². The van der Waals surface area contributed by atoms with Gasteiger partial charge in [0.15, 0.2) is 0 Å². The molecule has 0 rings (SSSR count). The van der Waals surface area contributed by atoms with Crippen LogP contribution in [-0.2, 0) is 9.53 Å². The maximum absolute atomic E-state index is 11.4. The van der Waals surface area contributed by atoms with Crippen molar-refractivity contribution in [2.24, 2.45) is 11.1 Å². The number of aliphatic hydroxyl groups excluding tert-OH is 1. The highest BCUT2D eigenvalue weighted by Crippen LogP contribution is 2.20. The number of amides is 1. The molecule has 0 aromatic rings. The quantitative estimate of drug-likeness (QED) is 0.596. The molecule has 5 nitrogen and oxygen atoms in total. The first kappa shape index (κ1) is 15.3. The molecule has 0 fully saturated rings. The summed E-state index contributed by atoms with van der Waals surface area (Å²) < 4.78 is 4.88. The van der Waals surface area contributed by atoms with Gasteiger partial charge in [0.05, 0.1) is 6.10 Å². The molecule has 0 saturated heterocycles. The molecule has 16 heavy (non-hydrogen) atoms. The molecule has 0 aromatic heterocycles. The van der Waals surface area contributed by atoms with Crippen LogP contribution in [0, 0.1) is 5.41 Å². The Hall–Kier alpha value is -0.650. The molecule has 2 unspecified atom stereocenters. The highest BCUT2D eigenvalue weighted by atomic mass is 16.5. The minimum absolute atomic E-state index is 0.0403. The average molecular weight is 232 g/mol. The molecule has 0 aromatic carbocycles. The smallest absolute Gasteiger partial charge is 0.250 e. The molecule has 1 amide bonds. The van der Waals surface area contributed by atoms with Crippen LogP contribution in [0.15, 0.2) is 0 Å². The van der Waals surface area contributed by atoms with Crippen molar-refractivity contribution >= 4 is 5.91 Å². The van der Waals surface area contributed by atoms with E-state index in [1.165, 1.54) is 7.11 Å². The summed E-state index contributed by atoms with van der Waals surface area (Å²) in [6.45, 7) is 6.48. The molecule has 2 atom stereocenters. The van der Waals surface area contributed by atoms with Gasteiger partial charge in [0, 0.05) is 20.2 Å². The molecule has 5 heteroatoms. The summed E-state index contributed by atoms with van der Waals surface area (Å²) in [4.78, 5) is 11.4. The fraction of sp³-hybridized carbons (Fsp3) is 0.909. The molecule has 0 spiro atoms. The van der Waals surface area contributed by atoms with Crippen LogP contribution in [0.5, 0.6) is 0 Å². The van der Waals surface area contributed by atoms with Crippen LogP contribution in [0.25, 0.3) is 0 Å². The second kappa shape index (κ2) is 6.83.